The number of hydrogen-bond donors (Lipinski definition) is 2. The molecule has 0 spiro atoms. The molecule has 0 saturated carbocycles. The molecule has 3 unspecified atom stereocenters. The molecule has 65 heavy (non-hydrogen) atoms. The van der Waals surface area contributed by atoms with Crippen LogP contribution in [0.1, 0.15) is 264 Å². The molecule has 0 bridgehead atoms. The van der Waals surface area contributed by atoms with Crippen molar-refractivity contribution in [3.05, 3.63) is 36.5 Å². The first-order valence-corrected chi connectivity index (χ1v) is 29.3. The van der Waals surface area contributed by atoms with Crippen LogP contribution < -0.4 is 10.2 Å². The highest BCUT2D eigenvalue weighted by Crippen LogP contribution is 2.38. The number of unbranched alkanes of at least 4 members (excludes halogenated alkanes) is 34. The predicted molar refractivity (Wildman–Crippen MR) is 279 cm³/mol. The summed E-state index contributed by atoms with van der Waals surface area (Å²) in [7, 11) is 1.24. The van der Waals surface area contributed by atoms with E-state index in [4.69, 9.17) is 9.05 Å². The second kappa shape index (κ2) is 47.8. The molecule has 3 atom stereocenters. The average Bonchev–Trinajstić information content (AvgIpc) is 3.26. The number of allylic oxidation sites excluding steroid dienone is 5. The number of carbonyl (C=O) groups excluding carboxylic acids is 1. The molecule has 384 valence electrons. The number of quaternary nitrogens is 1. The standard InChI is InChI=1S/C56H109N2O6P/c1-6-8-10-12-14-16-18-20-22-24-26-28-30-32-34-36-38-40-42-44-46-48-50-56(60)57-54(53-64-65(61,62)63-52-51-58(3,4)5)55(59)49-47-45-43-41-39-37-35-33-31-29-27-25-23-21-19-17-15-13-11-9-7-2/h31,33,39,41,47,49,54-55,59H,6-30,32,34-38,40,42-46,48,50-53H2,1-5H3,(H-,57,60,61,62)/b33-31+,41-39+,49-47+. The van der Waals surface area contributed by atoms with Crippen LogP contribution in [-0.4, -0.2) is 68.5 Å². The molecule has 0 heterocycles. The van der Waals surface area contributed by atoms with E-state index in [9.17, 15) is 19.4 Å². The van der Waals surface area contributed by atoms with Crippen LogP contribution in [0.15, 0.2) is 36.5 Å². The Bertz CT molecular complexity index is 1150. The summed E-state index contributed by atoms with van der Waals surface area (Å²) in [5.41, 5.74) is 0. The fourth-order valence-electron chi connectivity index (χ4n) is 8.19. The summed E-state index contributed by atoms with van der Waals surface area (Å²) in [4.78, 5) is 25.5. The highest BCUT2D eigenvalue weighted by Gasteiger charge is 2.23. The molecule has 8 nitrogen and oxygen atoms in total. The lowest BCUT2D eigenvalue weighted by molar-refractivity contribution is -0.870. The molecular formula is C56H109N2O6P. The highest BCUT2D eigenvalue weighted by molar-refractivity contribution is 7.45. The fraction of sp³-hybridized carbons (Fsp3) is 0.875. The Morgan fingerprint density at radius 1 is 0.523 bits per heavy atom. The van der Waals surface area contributed by atoms with Crippen LogP contribution in [0.4, 0.5) is 0 Å². The third-order valence-corrected chi connectivity index (χ3v) is 13.5. The Kier molecular flexibility index (Phi) is 46.8. The normalized spacial score (nSPS) is 14.3. The smallest absolute Gasteiger partial charge is 0.268 e. The molecule has 0 saturated heterocycles. The number of nitrogens with one attached hydrogen (secondary N) is 1. The Morgan fingerprint density at radius 3 is 1.25 bits per heavy atom. The second-order valence-corrected chi connectivity index (χ2v) is 21.7. The lowest BCUT2D eigenvalue weighted by Crippen LogP contribution is -2.45. The number of aliphatic hydroxyl groups excluding tert-OH is 1. The van der Waals surface area contributed by atoms with Gasteiger partial charge < -0.3 is 28.8 Å². The Labute approximate surface area is 404 Å². The van der Waals surface area contributed by atoms with Gasteiger partial charge in [-0.25, -0.2) is 0 Å². The van der Waals surface area contributed by atoms with Gasteiger partial charge in [-0.1, -0.05) is 249 Å². The minimum absolute atomic E-state index is 0.00743. The minimum atomic E-state index is -4.61. The largest absolute Gasteiger partial charge is 0.756 e. The second-order valence-electron chi connectivity index (χ2n) is 20.3. The van der Waals surface area contributed by atoms with Crippen molar-refractivity contribution in [1.29, 1.82) is 0 Å². The fourth-order valence-corrected chi connectivity index (χ4v) is 8.91. The van der Waals surface area contributed by atoms with Gasteiger partial charge in [-0.05, 0) is 44.9 Å². The monoisotopic (exact) mass is 937 g/mol. The van der Waals surface area contributed by atoms with Crippen molar-refractivity contribution in [2.45, 2.75) is 276 Å². The van der Waals surface area contributed by atoms with E-state index in [1.807, 2.05) is 27.2 Å². The van der Waals surface area contributed by atoms with Crippen LogP contribution in [0, 0.1) is 0 Å². The van der Waals surface area contributed by atoms with Gasteiger partial charge in [0.15, 0.2) is 0 Å². The van der Waals surface area contributed by atoms with E-state index in [1.54, 1.807) is 6.08 Å². The summed E-state index contributed by atoms with van der Waals surface area (Å²) in [6, 6.07) is -0.907. The van der Waals surface area contributed by atoms with Crippen LogP contribution >= 0.6 is 7.82 Å². The maximum atomic E-state index is 12.9. The lowest BCUT2D eigenvalue weighted by atomic mass is 10.0. The molecule has 0 aromatic rings. The Balaban J connectivity index is 4.29. The number of likely N-dealkylation sites (N-methyl/N-ethyl adjacent to an activating group) is 1. The van der Waals surface area contributed by atoms with Crippen LogP contribution in [0.25, 0.3) is 0 Å². The Morgan fingerprint density at radius 2 is 0.862 bits per heavy atom. The summed E-state index contributed by atoms with van der Waals surface area (Å²) >= 11 is 0. The number of nitrogens with zero attached hydrogens (tertiary/aromatic N) is 1. The van der Waals surface area contributed by atoms with Gasteiger partial charge in [0.2, 0.25) is 5.91 Å². The van der Waals surface area contributed by atoms with E-state index in [1.165, 1.54) is 199 Å². The molecule has 0 aromatic heterocycles. The number of hydrogen-bond acceptors (Lipinski definition) is 6. The third-order valence-electron chi connectivity index (χ3n) is 12.6. The summed E-state index contributed by atoms with van der Waals surface area (Å²) in [5.74, 6) is -0.207. The van der Waals surface area contributed by atoms with Crippen LogP contribution in [0.3, 0.4) is 0 Å². The number of amides is 1. The number of phosphoric ester groups is 1. The van der Waals surface area contributed by atoms with Gasteiger partial charge in [0, 0.05) is 6.42 Å². The van der Waals surface area contributed by atoms with Crippen molar-refractivity contribution in [1.82, 2.24) is 5.32 Å². The zero-order valence-electron chi connectivity index (χ0n) is 43.7. The maximum Gasteiger partial charge on any atom is 0.268 e. The molecule has 0 aromatic carbocycles. The van der Waals surface area contributed by atoms with Gasteiger partial charge in [-0.15, -0.1) is 0 Å². The molecule has 9 heteroatoms. The van der Waals surface area contributed by atoms with Gasteiger partial charge in [-0.2, -0.15) is 0 Å². The molecule has 0 aliphatic heterocycles. The van der Waals surface area contributed by atoms with Gasteiger partial charge in [0.1, 0.15) is 13.2 Å². The van der Waals surface area contributed by atoms with E-state index in [0.29, 0.717) is 17.4 Å². The van der Waals surface area contributed by atoms with Gasteiger partial charge in [0.25, 0.3) is 7.82 Å². The van der Waals surface area contributed by atoms with Crippen molar-refractivity contribution in [3.63, 3.8) is 0 Å². The van der Waals surface area contributed by atoms with Gasteiger partial charge in [0.05, 0.1) is 39.9 Å². The molecule has 0 aliphatic carbocycles. The molecule has 0 rings (SSSR count). The summed E-state index contributed by atoms with van der Waals surface area (Å²) in [5, 5.41) is 13.8. The number of phosphoric acid groups is 1. The molecular weight excluding hydrogens is 828 g/mol. The predicted octanol–water partition coefficient (Wildman–Crippen LogP) is 16.0. The summed E-state index contributed by atoms with van der Waals surface area (Å²) in [6.45, 7) is 4.65. The first-order chi connectivity index (χ1) is 31.5. The first kappa shape index (κ1) is 63.7. The van der Waals surface area contributed by atoms with Crippen molar-refractivity contribution >= 4 is 13.7 Å². The average molecular weight is 937 g/mol. The highest BCUT2D eigenvalue weighted by atomic mass is 31.2. The molecule has 2 N–H and O–H groups in total. The number of carbonyl (C=O) groups is 1. The van der Waals surface area contributed by atoms with Crippen molar-refractivity contribution < 1.29 is 32.9 Å². The van der Waals surface area contributed by atoms with Crippen molar-refractivity contribution in [2.24, 2.45) is 0 Å². The van der Waals surface area contributed by atoms with Crippen LogP contribution in [0.5, 0.6) is 0 Å². The third kappa shape index (κ3) is 50.4. The summed E-state index contributed by atoms with van der Waals surface area (Å²) in [6.07, 6.45) is 60.7. The topological polar surface area (TPSA) is 108 Å². The van der Waals surface area contributed by atoms with E-state index < -0.39 is 26.6 Å². The Hall–Kier alpha value is -1.28. The van der Waals surface area contributed by atoms with Crippen molar-refractivity contribution in [3.8, 4) is 0 Å². The summed E-state index contributed by atoms with van der Waals surface area (Å²) < 4.78 is 23.3. The molecule has 0 radical (unpaired) electrons. The molecule has 0 aliphatic rings. The number of aliphatic hydroxyl groups is 1. The van der Waals surface area contributed by atoms with E-state index in [2.05, 4.69) is 43.5 Å². The first-order valence-electron chi connectivity index (χ1n) is 27.9. The van der Waals surface area contributed by atoms with E-state index in [0.717, 1.165) is 44.9 Å². The molecule has 1 amide bonds. The number of rotatable bonds is 51. The molecule has 0 fully saturated rings. The minimum Gasteiger partial charge on any atom is -0.756 e. The van der Waals surface area contributed by atoms with Gasteiger partial charge >= 0.3 is 0 Å². The van der Waals surface area contributed by atoms with Crippen LogP contribution in [0.2, 0.25) is 0 Å². The lowest BCUT2D eigenvalue weighted by Gasteiger charge is -2.29. The SMILES string of the molecule is CCCCCCCCCCCCC/C=C/CC/C=C/CC/C=C/C(O)C(COP(=O)([O-])OCC[N+](C)(C)C)NC(=O)CCCCCCCCCCCCCCCCCCCCCCCC. The van der Waals surface area contributed by atoms with Crippen molar-refractivity contribution in [2.75, 3.05) is 40.9 Å². The maximum absolute atomic E-state index is 12.9. The zero-order chi connectivity index (χ0) is 47.8. The van der Waals surface area contributed by atoms with Gasteiger partial charge in [-0.3, -0.25) is 9.36 Å². The zero-order valence-corrected chi connectivity index (χ0v) is 44.6. The van der Waals surface area contributed by atoms with Crippen LogP contribution in [-0.2, 0) is 18.4 Å². The van der Waals surface area contributed by atoms with E-state index >= 15 is 0 Å². The quantitative estimate of drug-likeness (QED) is 0.0272. The van der Waals surface area contributed by atoms with E-state index in [-0.39, 0.29) is 12.5 Å².